The molecule has 1 unspecified atom stereocenters. The number of aryl methyl sites for hydroxylation is 1. The molecule has 2 aliphatic rings. The highest BCUT2D eigenvalue weighted by Gasteiger charge is 2.34. The summed E-state index contributed by atoms with van der Waals surface area (Å²) in [7, 11) is 3.23. The number of hydrogen-bond donors (Lipinski definition) is 1. The number of carbonyl (C=O) groups is 2. The van der Waals surface area contributed by atoms with Crippen LogP contribution in [0.1, 0.15) is 46.7 Å². The minimum atomic E-state index is -0.0957. The maximum Gasteiger partial charge on any atom is 0.274 e. The maximum absolute atomic E-state index is 13.0. The third-order valence-electron chi connectivity index (χ3n) is 6.81. The molecule has 37 heavy (non-hydrogen) atoms. The number of hydrogen-bond acceptors (Lipinski definition) is 4. The van der Waals surface area contributed by atoms with Gasteiger partial charge in [0.05, 0.1) is 7.11 Å². The fourth-order valence-corrected chi connectivity index (χ4v) is 4.60. The molecule has 8 heteroatoms. The van der Waals surface area contributed by atoms with Crippen molar-refractivity contribution >= 4 is 29.1 Å². The number of pyridine rings is 1. The summed E-state index contributed by atoms with van der Waals surface area (Å²) in [5.74, 6) is 1.45. The first kappa shape index (κ1) is 26.5. The van der Waals surface area contributed by atoms with E-state index in [1.165, 1.54) is 12.8 Å². The van der Waals surface area contributed by atoms with E-state index < -0.39 is 0 Å². The molecule has 1 aliphatic heterocycles. The number of aromatic nitrogens is 1. The van der Waals surface area contributed by atoms with Crippen LogP contribution < -0.4 is 20.5 Å². The number of anilines is 1. The fraction of sp³-hybridized carbons (Fsp3) is 0.345. The van der Waals surface area contributed by atoms with Crippen LogP contribution in [0.5, 0.6) is 5.75 Å². The van der Waals surface area contributed by atoms with Gasteiger partial charge in [-0.25, -0.2) is 0 Å². The lowest BCUT2D eigenvalue weighted by atomic mass is 9.98. The summed E-state index contributed by atoms with van der Waals surface area (Å²) >= 11 is 5.63. The Labute approximate surface area is 222 Å². The van der Waals surface area contributed by atoms with Crippen LogP contribution in [0.25, 0.3) is 0 Å². The Hall–Kier alpha value is -3.58. The predicted octanol–water partition coefficient (Wildman–Crippen LogP) is 4.80. The first-order chi connectivity index (χ1) is 17.8. The molecule has 2 heterocycles. The SMILES string of the molecule is CNC(=O)c1ccc(Cl)cc1.COc1ccc(C2CC(=O)N(c3c(C)ccn(CC4CC4)c3=O)C2)cc1. The third kappa shape index (κ3) is 6.41. The Morgan fingerprint density at radius 2 is 1.73 bits per heavy atom. The number of ether oxygens (including phenoxy) is 1. The second-order valence-electron chi connectivity index (χ2n) is 9.51. The zero-order valence-corrected chi connectivity index (χ0v) is 22.1. The van der Waals surface area contributed by atoms with Gasteiger partial charge >= 0.3 is 0 Å². The summed E-state index contributed by atoms with van der Waals surface area (Å²) in [6.45, 7) is 3.22. The largest absolute Gasteiger partial charge is 0.497 e. The second-order valence-corrected chi connectivity index (χ2v) is 9.95. The van der Waals surface area contributed by atoms with Crippen molar-refractivity contribution in [1.29, 1.82) is 0 Å². The average molecular weight is 522 g/mol. The van der Waals surface area contributed by atoms with Crippen LogP contribution in [-0.2, 0) is 11.3 Å². The molecule has 2 aromatic carbocycles. The van der Waals surface area contributed by atoms with Gasteiger partial charge in [-0.15, -0.1) is 0 Å². The number of rotatable bonds is 6. The van der Waals surface area contributed by atoms with Crippen LogP contribution >= 0.6 is 11.6 Å². The molecule has 0 bridgehead atoms. The number of halogens is 1. The molecule has 0 spiro atoms. The molecule has 1 saturated carbocycles. The lowest BCUT2D eigenvalue weighted by Crippen LogP contribution is -2.34. The number of carbonyl (C=O) groups excluding carboxylic acids is 2. The summed E-state index contributed by atoms with van der Waals surface area (Å²) in [5.41, 5.74) is 3.10. The quantitative estimate of drug-likeness (QED) is 0.505. The van der Waals surface area contributed by atoms with Crippen LogP contribution in [0.3, 0.4) is 0 Å². The van der Waals surface area contributed by atoms with Gasteiger partial charge in [-0.2, -0.15) is 0 Å². The van der Waals surface area contributed by atoms with Crippen molar-refractivity contribution in [2.75, 3.05) is 25.6 Å². The average Bonchev–Trinajstić information content (AvgIpc) is 3.66. The second kappa shape index (κ2) is 11.6. The van der Waals surface area contributed by atoms with Crippen LogP contribution in [-0.4, -0.2) is 37.1 Å². The topological polar surface area (TPSA) is 80.6 Å². The van der Waals surface area contributed by atoms with Gasteiger partial charge in [0.15, 0.2) is 0 Å². The molecule has 1 atom stereocenters. The number of methoxy groups -OCH3 is 1. The standard InChI is InChI=1S/C21H24N2O3.C8H8ClNO/c1-14-9-10-22(12-15-3-4-15)21(25)20(14)23-13-17(11-19(23)24)16-5-7-18(26-2)8-6-16;1-10-8(11)6-2-4-7(9)5-3-6/h5-10,15,17H,3-4,11-13H2,1-2H3;2-5H,1H3,(H,10,11). The summed E-state index contributed by atoms with van der Waals surface area (Å²) < 4.78 is 6.98. The molecule has 7 nitrogen and oxygen atoms in total. The first-order valence-corrected chi connectivity index (χ1v) is 12.8. The molecule has 1 N–H and O–H groups in total. The Bertz CT molecular complexity index is 1310. The van der Waals surface area contributed by atoms with E-state index in [2.05, 4.69) is 5.32 Å². The summed E-state index contributed by atoms with van der Waals surface area (Å²) in [6, 6.07) is 16.5. The lowest BCUT2D eigenvalue weighted by molar-refractivity contribution is -0.117. The fourth-order valence-electron chi connectivity index (χ4n) is 4.47. The Kier molecular flexibility index (Phi) is 8.34. The highest BCUT2D eigenvalue weighted by molar-refractivity contribution is 6.30. The monoisotopic (exact) mass is 521 g/mol. The van der Waals surface area contributed by atoms with Crippen molar-refractivity contribution in [2.45, 2.75) is 38.6 Å². The van der Waals surface area contributed by atoms with Gasteiger partial charge < -0.3 is 19.5 Å². The molecule has 2 fully saturated rings. The Morgan fingerprint density at radius 1 is 1.05 bits per heavy atom. The predicted molar refractivity (Wildman–Crippen MR) is 146 cm³/mol. The van der Waals surface area contributed by atoms with E-state index in [1.54, 1.807) is 47.9 Å². The molecule has 1 saturated heterocycles. The first-order valence-electron chi connectivity index (χ1n) is 12.4. The van der Waals surface area contributed by atoms with Gasteiger partial charge in [0, 0.05) is 49.3 Å². The Morgan fingerprint density at radius 3 is 2.32 bits per heavy atom. The zero-order chi connectivity index (χ0) is 26.5. The molecule has 1 aliphatic carbocycles. The number of benzene rings is 2. The van der Waals surface area contributed by atoms with E-state index in [1.807, 2.05) is 43.5 Å². The van der Waals surface area contributed by atoms with E-state index in [0.29, 0.717) is 35.2 Å². The molecular weight excluding hydrogens is 490 g/mol. The summed E-state index contributed by atoms with van der Waals surface area (Å²) in [5, 5.41) is 3.16. The van der Waals surface area contributed by atoms with Crippen molar-refractivity contribution < 1.29 is 14.3 Å². The molecule has 5 rings (SSSR count). The van der Waals surface area contributed by atoms with Crippen molar-refractivity contribution in [3.63, 3.8) is 0 Å². The molecule has 194 valence electrons. The summed E-state index contributed by atoms with van der Waals surface area (Å²) in [4.78, 5) is 38.3. The van der Waals surface area contributed by atoms with Crippen molar-refractivity contribution in [1.82, 2.24) is 9.88 Å². The third-order valence-corrected chi connectivity index (χ3v) is 7.06. The normalized spacial score (nSPS) is 16.7. The van der Waals surface area contributed by atoms with E-state index in [9.17, 15) is 14.4 Å². The van der Waals surface area contributed by atoms with E-state index >= 15 is 0 Å². The molecule has 1 aromatic heterocycles. The van der Waals surface area contributed by atoms with Gasteiger partial charge in [-0.3, -0.25) is 14.4 Å². The van der Waals surface area contributed by atoms with Gasteiger partial charge in [0.2, 0.25) is 5.91 Å². The van der Waals surface area contributed by atoms with E-state index in [4.69, 9.17) is 16.3 Å². The van der Waals surface area contributed by atoms with Crippen LogP contribution in [0.4, 0.5) is 5.69 Å². The number of nitrogens with zero attached hydrogens (tertiary/aromatic N) is 2. The smallest absolute Gasteiger partial charge is 0.274 e. The zero-order valence-electron chi connectivity index (χ0n) is 21.4. The van der Waals surface area contributed by atoms with Crippen LogP contribution in [0.2, 0.25) is 5.02 Å². The number of nitrogens with one attached hydrogen (secondary N) is 1. The maximum atomic E-state index is 13.0. The highest BCUT2D eigenvalue weighted by atomic mass is 35.5. The van der Waals surface area contributed by atoms with Crippen LogP contribution in [0.15, 0.2) is 65.6 Å². The summed E-state index contributed by atoms with van der Waals surface area (Å²) in [6.07, 6.45) is 4.68. The van der Waals surface area contributed by atoms with E-state index in [-0.39, 0.29) is 23.3 Å². The lowest BCUT2D eigenvalue weighted by Gasteiger charge is -2.20. The van der Waals surface area contributed by atoms with Crippen molar-refractivity contribution in [3.8, 4) is 5.75 Å². The molecular formula is C29H32ClN3O4. The minimum Gasteiger partial charge on any atom is -0.497 e. The highest BCUT2D eigenvalue weighted by Crippen LogP contribution is 2.33. The van der Waals surface area contributed by atoms with Crippen LogP contribution in [0, 0.1) is 12.8 Å². The molecule has 2 amide bonds. The Balaban J connectivity index is 0.000000245. The van der Waals surface area contributed by atoms with E-state index in [0.717, 1.165) is 23.4 Å². The molecule has 3 aromatic rings. The minimum absolute atomic E-state index is 0.0233. The number of amides is 2. The van der Waals surface area contributed by atoms with Crippen molar-refractivity contribution in [3.05, 3.63) is 92.9 Å². The van der Waals surface area contributed by atoms with Gasteiger partial charge in [0.25, 0.3) is 11.5 Å². The van der Waals surface area contributed by atoms with Gasteiger partial charge in [-0.1, -0.05) is 23.7 Å². The molecule has 0 radical (unpaired) electrons. The van der Waals surface area contributed by atoms with Crippen molar-refractivity contribution in [2.24, 2.45) is 5.92 Å². The van der Waals surface area contributed by atoms with Gasteiger partial charge in [-0.05, 0) is 79.3 Å². The van der Waals surface area contributed by atoms with Gasteiger partial charge in [0.1, 0.15) is 11.4 Å².